The highest BCUT2D eigenvalue weighted by molar-refractivity contribution is 7.90. The molecular weight excluding hydrogens is 440 g/mol. The fraction of sp³-hybridized carbons (Fsp3) is 0.310. The summed E-state index contributed by atoms with van der Waals surface area (Å²) < 4.78 is 23.1. The van der Waals surface area contributed by atoms with Crippen LogP contribution < -0.4 is 0 Å². The Morgan fingerprint density at radius 2 is 1.15 bits per heavy atom. The van der Waals surface area contributed by atoms with Crippen molar-refractivity contribution in [3.63, 3.8) is 0 Å². The molecular formula is C29H32N2O2S. The molecule has 0 aromatic heterocycles. The van der Waals surface area contributed by atoms with E-state index >= 15 is 0 Å². The Morgan fingerprint density at radius 1 is 0.676 bits per heavy atom. The first kappa shape index (κ1) is 26.8. The molecule has 0 saturated carbocycles. The van der Waals surface area contributed by atoms with E-state index in [4.69, 9.17) is 13.1 Å². The zero-order chi connectivity index (χ0) is 25.7. The lowest BCUT2D eigenvalue weighted by Gasteiger charge is -2.20. The first-order valence-corrected chi connectivity index (χ1v) is 12.9. The molecule has 3 aromatic rings. The molecule has 0 fully saturated rings. The molecule has 3 aromatic carbocycles. The zero-order valence-electron chi connectivity index (χ0n) is 21.0. The predicted octanol–water partition coefficient (Wildman–Crippen LogP) is 8.14. The number of hydrogen-bond donors (Lipinski definition) is 0. The second-order valence-corrected chi connectivity index (χ2v) is 12.3. The van der Waals surface area contributed by atoms with Gasteiger partial charge < -0.3 is 0 Å². The first-order chi connectivity index (χ1) is 15.7. The maximum absolute atomic E-state index is 11.5. The number of benzene rings is 3. The van der Waals surface area contributed by atoms with E-state index in [0.717, 1.165) is 22.9 Å². The largest absolute Gasteiger partial charge is 0.238 e. The summed E-state index contributed by atoms with van der Waals surface area (Å²) in [5, 5.41) is 0. The van der Waals surface area contributed by atoms with Gasteiger partial charge in [-0.3, -0.25) is 0 Å². The Balaban J connectivity index is 0.000000242. The van der Waals surface area contributed by atoms with E-state index in [1.54, 1.807) is 12.1 Å². The van der Waals surface area contributed by atoms with E-state index in [0.29, 0.717) is 5.69 Å². The van der Waals surface area contributed by atoms with Crippen molar-refractivity contribution in [2.75, 3.05) is 6.26 Å². The summed E-state index contributed by atoms with van der Waals surface area (Å²) in [6.45, 7) is 26.8. The summed E-state index contributed by atoms with van der Waals surface area (Å²) in [6, 6.07) is 21.2. The highest BCUT2D eigenvalue weighted by Gasteiger charge is 2.20. The molecule has 34 heavy (non-hydrogen) atoms. The van der Waals surface area contributed by atoms with E-state index < -0.39 is 9.84 Å². The molecule has 0 unspecified atom stereocenters. The second kappa shape index (κ2) is 10.2. The molecule has 0 aliphatic rings. The van der Waals surface area contributed by atoms with Gasteiger partial charge in [0.25, 0.3) is 0 Å². The number of nitrogens with zero attached hydrogens (tertiary/aromatic N) is 2. The smallest absolute Gasteiger partial charge is 0.205 e. The molecule has 3 rings (SSSR count). The van der Waals surface area contributed by atoms with Gasteiger partial charge >= 0.3 is 0 Å². The van der Waals surface area contributed by atoms with Gasteiger partial charge in [0, 0.05) is 6.26 Å². The van der Waals surface area contributed by atoms with Crippen LogP contribution in [0.4, 0.5) is 11.4 Å². The van der Waals surface area contributed by atoms with Gasteiger partial charge in [0.15, 0.2) is 15.5 Å². The Labute approximate surface area is 204 Å². The minimum Gasteiger partial charge on any atom is -0.238 e. The molecule has 0 spiro atoms. The van der Waals surface area contributed by atoms with Crippen LogP contribution in [-0.4, -0.2) is 14.7 Å². The van der Waals surface area contributed by atoms with Gasteiger partial charge in [-0.15, -0.1) is 0 Å². The van der Waals surface area contributed by atoms with Crippen molar-refractivity contribution in [3.8, 4) is 11.1 Å². The van der Waals surface area contributed by atoms with Gasteiger partial charge in [-0.1, -0.05) is 108 Å². The lowest BCUT2D eigenvalue weighted by atomic mass is 9.85. The Hall–Kier alpha value is -3.41. The summed E-state index contributed by atoms with van der Waals surface area (Å²) >= 11 is 0. The predicted molar refractivity (Wildman–Crippen MR) is 141 cm³/mol. The van der Waals surface area contributed by atoms with E-state index in [2.05, 4.69) is 54.7 Å². The van der Waals surface area contributed by atoms with Crippen LogP contribution in [0.15, 0.2) is 71.6 Å². The fourth-order valence-corrected chi connectivity index (χ4v) is 4.15. The first-order valence-electron chi connectivity index (χ1n) is 11.0. The third-order valence-corrected chi connectivity index (χ3v) is 6.54. The highest BCUT2D eigenvalue weighted by atomic mass is 32.2. The normalized spacial score (nSPS) is 11.6. The van der Waals surface area contributed by atoms with Crippen LogP contribution in [0.1, 0.15) is 52.7 Å². The van der Waals surface area contributed by atoms with Crippen molar-refractivity contribution >= 4 is 21.2 Å². The monoisotopic (exact) mass is 472 g/mol. The zero-order valence-corrected chi connectivity index (χ0v) is 21.8. The van der Waals surface area contributed by atoms with E-state index in [1.807, 2.05) is 51.1 Å². The van der Waals surface area contributed by atoms with Crippen LogP contribution >= 0.6 is 0 Å². The van der Waals surface area contributed by atoms with Crippen molar-refractivity contribution in [3.05, 3.63) is 101 Å². The molecule has 4 nitrogen and oxygen atoms in total. The molecule has 0 aliphatic heterocycles. The van der Waals surface area contributed by atoms with Crippen molar-refractivity contribution in [1.82, 2.24) is 0 Å². The molecule has 0 radical (unpaired) electrons. The molecule has 0 amide bonds. The Morgan fingerprint density at radius 3 is 1.59 bits per heavy atom. The maximum atomic E-state index is 11.5. The van der Waals surface area contributed by atoms with Crippen LogP contribution in [0, 0.1) is 13.1 Å². The quantitative estimate of drug-likeness (QED) is 0.353. The lowest BCUT2D eigenvalue weighted by molar-refractivity contribution is 0.585. The molecule has 0 heterocycles. The third-order valence-electron chi connectivity index (χ3n) is 5.41. The minimum absolute atomic E-state index is 0.101. The van der Waals surface area contributed by atoms with Gasteiger partial charge in [0.1, 0.15) is 0 Å². The minimum atomic E-state index is -3.34. The van der Waals surface area contributed by atoms with Crippen LogP contribution in [0.5, 0.6) is 0 Å². The van der Waals surface area contributed by atoms with Crippen LogP contribution in [0.3, 0.4) is 0 Å². The molecule has 5 heteroatoms. The highest BCUT2D eigenvalue weighted by Crippen LogP contribution is 2.35. The fourth-order valence-electron chi connectivity index (χ4n) is 3.32. The summed E-state index contributed by atoms with van der Waals surface area (Å²) in [4.78, 5) is 6.97. The number of rotatable bonds is 2. The Bertz CT molecular complexity index is 1350. The average Bonchev–Trinajstić information content (AvgIpc) is 2.77. The molecule has 0 bridgehead atoms. The summed E-state index contributed by atoms with van der Waals surface area (Å²) in [7, 11) is -3.34. The molecule has 0 atom stereocenters. The van der Waals surface area contributed by atoms with E-state index in [9.17, 15) is 8.42 Å². The topological polar surface area (TPSA) is 42.9 Å². The maximum Gasteiger partial charge on any atom is 0.205 e. The third kappa shape index (κ3) is 6.80. The molecule has 0 N–H and O–H groups in total. The summed E-state index contributed by atoms with van der Waals surface area (Å²) in [6.07, 6.45) is 1.13. The number of hydrogen-bond acceptors (Lipinski definition) is 2. The van der Waals surface area contributed by atoms with Gasteiger partial charge in [0.2, 0.25) is 5.69 Å². The van der Waals surface area contributed by atoms with Crippen LogP contribution in [-0.2, 0) is 20.7 Å². The van der Waals surface area contributed by atoms with E-state index in [1.165, 1.54) is 5.56 Å². The lowest BCUT2D eigenvalue weighted by Crippen LogP contribution is -2.12. The second-order valence-electron chi connectivity index (χ2n) is 10.3. The van der Waals surface area contributed by atoms with Gasteiger partial charge in [-0.05, 0) is 33.1 Å². The SMILES string of the molecule is [C-]#[N+]c1ccc(C(C)(C)C)cc1-c1ccccc1.[C-]#[N+]c1ccc(C(C)(C)C)cc1S(C)(=O)=O. The standard InChI is InChI=1S/C17H17N.C12H15NO2S/c1-17(2,3)14-10-11-16(18-4)15(12-14)13-8-6-5-7-9-13;1-12(2,3)9-6-7-10(13-4)11(8-9)16(5,14)15/h5-12H,1-3H3;6-8H,1-3,5H3. The van der Waals surface area contributed by atoms with Crippen LogP contribution in [0.25, 0.3) is 20.8 Å². The molecule has 176 valence electrons. The van der Waals surface area contributed by atoms with Crippen molar-refractivity contribution in [2.24, 2.45) is 0 Å². The van der Waals surface area contributed by atoms with Gasteiger partial charge in [-0.2, -0.15) is 0 Å². The van der Waals surface area contributed by atoms with Crippen LogP contribution in [0.2, 0.25) is 0 Å². The number of sulfone groups is 1. The molecule has 0 aliphatic carbocycles. The summed E-state index contributed by atoms with van der Waals surface area (Å²) in [5.41, 5.74) is 5.19. The van der Waals surface area contributed by atoms with Crippen molar-refractivity contribution < 1.29 is 8.42 Å². The van der Waals surface area contributed by atoms with Gasteiger partial charge in [-0.25, -0.2) is 18.1 Å². The summed E-state index contributed by atoms with van der Waals surface area (Å²) in [5.74, 6) is 0. The van der Waals surface area contributed by atoms with Crippen molar-refractivity contribution in [1.29, 1.82) is 0 Å². The average molecular weight is 473 g/mol. The van der Waals surface area contributed by atoms with E-state index in [-0.39, 0.29) is 21.4 Å². The van der Waals surface area contributed by atoms with Crippen molar-refractivity contribution in [2.45, 2.75) is 57.3 Å². The van der Waals surface area contributed by atoms with Gasteiger partial charge in [0.05, 0.1) is 18.0 Å². The molecule has 0 saturated heterocycles. The Kier molecular flexibility index (Phi) is 8.09.